The SMILES string of the molecule is CCC(C)C(C(CC(=O)N1CCC[C@H]1C(OC)C(C)C(=O)NC(C(=O)N1CCCCO1)C(C)c1ccccc1)OC)N(C)C(=O)C(NC(=O)C(C(C)C)N(C)CCOCCOCCOCCC(=O)ON1C(=O)CCC1=O)C(C)C. The van der Waals surface area contributed by atoms with E-state index >= 15 is 0 Å². The molecule has 9 unspecified atom stereocenters. The van der Waals surface area contributed by atoms with Gasteiger partial charge < -0.3 is 49.0 Å². The number of rotatable bonds is 34. The predicted molar refractivity (Wildman–Crippen MR) is 292 cm³/mol. The smallest absolute Gasteiger partial charge is 0.335 e. The summed E-state index contributed by atoms with van der Waals surface area (Å²) >= 11 is 0. The number of nitrogens with zero attached hydrogens (tertiary/aromatic N) is 5. The van der Waals surface area contributed by atoms with Crippen LogP contribution in [0, 0.1) is 23.7 Å². The molecule has 0 spiro atoms. The lowest BCUT2D eigenvalue weighted by molar-refractivity contribution is -0.200. The summed E-state index contributed by atoms with van der Waals surface area (Å²) in [5.74, 6) is -4.95. The molecule has 3 aliphatic heterocycles. The minimum atomic E-state index is -0.910. The van der Waals surface area contributed by atoms with Gasteiger partial charge in [-0.25, -0.2) is 9.86 Å². The van der Waals surface area contributed by atoms with Crippen molar-refractivity contribution in [2.75, 3.05) is 94.2 Å². The summed E-state index contributed by atoms with van der Waals surface area (Å²) in [5, 5.41) is 8.01. The standard InChI is InChI=1S/C57H93N7O15/c1-13-39(6)52(44(73-11)36-47(67)62-26-19-22-43(62)53(74-12)41(8)54(69)59-50(40(7)42-20-15-14-16-21-42)57(72)63-27-17-18-29-78-63)61(10)56(71)49(37(2)3)58-55(70)51(38(4)5)60(9)28-31-76-33-35-77-34-32-75-30-25-48(68)79-64-45(65)23-24-46(64)66/h14-16,20-21,37-41,43-44,49-53H,13,17-19,22-36H2,1-12H3,(H,58,70)(H,59,69)/t39?,40?,41?,43-,44?,49?,50?,51?,52?,53?/m0/s1. The Bertz CT molecular complexity index is 2100. The quantitative estimate of drug-likeness (QED) is 0.0735. The van der Waals surface area contributed by atoms with Crippen LogP contribution in [-0.4, -0.2) is 209 Å². The van der Waals surface area contributed by atoms with Gasteiger partial charge in [-0.05, 0) is 56.0 Å². The normalized spacial score (nSPS) is 19.4. The monoisotopic (exact) mass is 1120 g/mol. The molecule has 446 valence electrons. The molecule has 7 amide bonds. The van der Waals surface area contributed by atoms with Crippen molar-refractivity contribution in [2.45, 2.75) is 162 Å². The number of hydroxylamine groups is 4. The van der Waals surface area contributed by atoms with E-state index in [2.05, 4.69) is 10.6 Å². The van der Waals surface area contributed by atoms with Crippen molar-refractivity contribution in [3.63, 3.8) is 0 Å². The number of benzene rings is 1. The maximum atomic E-state index is 14.7. The van der Waals surface area contributed by atoms with Gasteiger partial charge in [-0.2, -0.15) is 0 Å². The first-order chi connectivity index (χ1) is 37.7. The van der Waals surface area contributed by atoms with Crippen molar-refractivity contribution < 1.29 is 71.7 Å². The second kappa shape index (κ2) is 33.6. The molecule has 1 aromatic carbocycles. The first-order valence-corrected chi connectivity index (χ1v) is 28.4. The average Bonchev–Trinajstić information content (AvgIpc) is 4.07. The number of hydrogen-bond acceptors (Lipinski definition) is 16. The van der Waals surface area contributed by atoms with E-state index in [-0.39, 0.29) is 112 Å². The molecule has 3 heterocycles. The van der Waals surface area contributed by atoms with Crippen molar-refractivity contribution in [3.05, 3.63) is 35.9 Å². The minimum absolute atomic E-state index is 0.0228. The van der Waals surface area contributed by atoms with E-state index in [0.717, 1.165) is 18.4 Å². The minimum Gasteiger partial charge on any atom is -0.379 e. The molecule has 1 aromatic rings. The fourth-order valence-corrected chi connectivity index (χ4v) is 10.7. The second-order valence-electron chi connectivity index (χ2n) is 21.8. The Morgan fingerprint density at radius 1 is 0.747 bits per heavy atom. The average molecular weight is 1120 g/mol. The van der Waals surface area contributed by atoms with Crippen LogP contribution in [0.25, 0.3) is 0 Å². The fraction of sp³-hybridized carbons (Fsp3) is 0.754. The van der Waals surface area contributed by atoms with Gasteiger partial charge in [0.1, 0.15) is 12.1 Å². The number of carbonyl (C=O) groups is 8. The van der Waals surface area contributed by atoms with Gasteiger partial charge in [-0.1, -0.05) is 92.1 Å². The highest BCUT2D eigenvalue weighted by Gasteiger charge is 2.44. The number of ether oxygens (including phenoxy) is 5. The van der Waals surface area contributed by atoms with E-state index in [1.165, 1.54) is 19.3 Å². The molecule has 0 radical (unpaired) electrons. The molecule has 22 nitrogen and oxygen atoms in total. The molecule has 2 N–H and O–H groups in total. The van der Waals surface area contributed by atoms with E-state index in [1.54, 1.807) is 23.8 Å². The molecule has 0 saturated carbocycles. The highest BCUT2D eigenvalue weighted by molar-refractivity contribution is 6.01. The third-order valence-electron chi connectivity index (χ3n) is 15.5. The Morgan fingerprint density at radius 3 is 1.94 bits per heavy atom. The van der Waals surface area contributed by atoms with Crippen LogP contribution in [0.5, 0.6) is 0 Å². The molecular weight excluding hydrogens is 1020 g/mol. The molecule has 3 aliphatic rings. The number of carbonyl (C=O) groups excluding carboxylic acids is 8. The summed E-state index contributed by atoms with van der Waals surface area (Å²) in [6, 6.07) is 6.18. The molecule has 0 bridgehead atoms. The van der Waals surface area contributed by atoms with Crippen LogP contribution < -0.4 is 10.6 Å². The molecule has 10 atom stereocenters. The van der Waals surface area contributed by atoms with Gasteiger partial charge in [0, 0.05) is 59.7 Å². The van der Waals surface area contributed by atoms with Gasteiger partial charge >= 0.3 is 5.97 Å². The third kappa shape index (κ3) is 19.3. The van der Waals surface area contributed by atoms with Gasteiger partial charge in [-0.3, -0.25) is 43.3 Å². The molecular formula is C57H93N7O15. The van der Waals surface area contributed by atoms with E-state index in [0.29, 0.717) is 57.2 Å². The molecule has 79 heavy (non-hydrogen) atoms. The van der Waals surface area contributed by atoms with E-state index in [1.807, 2.05) is 90.7 Å². The van der Waals surface area contributed by atoms with Crippen LogP contribution in [0.2, 0.25) is 0 Å². The maximum absolute atomic E-state index is 14.7. The van der Waals surface area contributed by atoms with Gasteiger partial charge in [0.25, 0.3) is 17.7 Å². The highest BCUT2D eigenvalue weighted by Crippen LogP contribution is 2.31. The van der Waals surface area contributed by atoms with Gasteiger partial charge in [0.05, 0.1) is 95.3 Å². The van der Waals surface area contributed by atoms with Crippen molar-refractivity contribution in [2.24, 2.45) is 23.7 Å². The third-order valence-corrected chi connectivity index (χ3v) is 15.5. The van der Waals surface area contributed by atoms with Crippen LogP contribution in [-0.2, 0) is 71.7 Å². The van der Waals surface area contributed by atoms with Gasteiger partial charge in [-0.15, -0.1) is 5.06 Å². The topological polar surface area (TPSA) is 241 Å². The summed E-state index contributed by atoms with van der Waals surface area (Å²) in [4.78, 5) is 123. The number of imide groups is 1. The van der Waals surface area contributed by atoms with Crippen molar-refractivity contribution in [1.29, 1.82) is 0 Å². The number of nitrogens with one attached hydrogen (secondary N) is 2. The molecule has 3 saturated heterocycles. The van der Waals surface area contributed by atoms with Crippen LogP contribution in [0.3, 0.4) is 0 Å². The van der Waals surface area contributed by atoms with Crippen molar-refractivity contribution in [3.8, 4) is 0 Å². The van der Waals surface area contributed by atoms with E-state index in [9.17, 15) is 38.4 Å². The summed E-state index contributed by atoms with van der Waals surface area (Å²) in [6.07, 6.45) is 2.07. The number of likely N-dealkylation sites (N-methyl/N-ethyl adjacent to an activating group) is 2. The zero-order valence-electron chi connectivity index (χ0n) is 49.1. The maximum Gasteiger partial charge on any atom is 0.335 e. The Balaban J connectivity index is 1.32. The molecule has 3 fully saturated rings. The first-order valence-electron chi connectivity index (χ1n) is 28.4. The summed E-state index contributed by atoms with van der Waals surface area (Å²) < 4.78 is 28.9. The van der Waals surface area contributed by atoms with Crippen LogP contribution >= 0.6 is 0 Å². The molecule has 4 rings (SSSR count). The van der Waals surface area contributed by atoms with E-state index in [4.69, 9.17) is 33.4 Å². The lowest BCUT2D eigenvalue weighted by Gasteiger charge is -2.41. The van der Waals surface area contributed by atoms with Crippen LogP contribution in [0.4, 0.5) is 0 Å². The van der Waals surface area contributed by atoms with Crippen LogP contribution in [0.1, 0.15) is 125 Å². The predicted octanol–water partition coefficient (Wildman–Crippen LogP) is 3.89. The number of amides is 7. The van der Waals surface area contributed by atoms with Crippen molar-refractivity contribution >= 4 is 47.3 Å². The lowest BCUT2D eigenvalue weighted by Crippen LogP contribution is -2.60. The number of methoxy groups -OCH3 is 2. The Hall–Kier alpha value is -5.10. The zero-order valence-corrected chi connectivity index (χ0v) is 49.1. The van der Waals surface area contributed by atoms with Crippen LogP contribution in [0.15, 0.2) is 30.3 Å². The summed E-state index contributed by atoms with van der Waals surface area (Å²) in [7, 11) is 6.61. The number of likely N-dealkylation sites (tertiary alicyclic amines) is 1. The fourth-order valence-electron chi connectivity index (χ4n) is 10.7. The lowest BCUT2D eigenvalue weighted by atomic mass is 9.89. The summed E-state index contributed by atoms with van der Waals surface area (Å²) in [6.45, 7) is 18.5. The number of hydrogen-bond donors (Lipinski definition) is 2. The Morgan fingerprint density at radius 2 is 1.37 bits per heavy atom. The van der Waals surface area contributed by atoms with Crippen molar-refractivity contribution in [1.82, 2.24) is 35.5 Å². The first kappa shape index (κ1) is 66.4. The second-order valence-corrected chi connectivity index (χ2v) is 21.8. The van der Waals surface area contributed by atoms with E-state index < -0.39 is 66.1 Å². The molecule has 22 heteroatoms. The summed E-state index contributed by atoms with van der Waals surface area (Å²) in [5.41, 5.74) is 0.893. The largest absolute Gasteiger partial charge is 0.379 e. The highest BCUT2D eigenvalue weighted by atomic mass is 16.7. The Labute approximate surface area is 468 Å². The Kier molecular flexibility index (Phi) is 28.2. The molecule has 0 aliphatic carbocycles. The van der Waals surface area contributed by atoms with Gasteiger partial charge in [0.2, 0.25) is 23.6 Å². The zero-order chi connectivity index (χ0) is 58.3. The molecule has 0 aromatic heterocycles. The van der Waals surface area contributed by atoms with Gasteiger partial charge in [0.15, 0.2) is 0 Å².